The van der Waals surface area contributed by atoms with Gasteiger partial charge in [-0.05, 0) is 49.6 Å². The maximum Gasteiger partial charge on any atom is 0.343 e. The van der Waals surface area contributed by atoms with Crippen molar-refractivity contribution in [3.8, 4) is 5.75 Å². The number of fused-ring (bicyclic) bond motifs is 3. The Labute approximate surface area is 184 Å². The zero-order chi connectivity index (χ0) is 21.6. The SMILES string of the molecule is CCCCCCCc1cc(OC(=O)c2ccccc2)cc2c1c1ccccc1n2CC. The van der Waals surface area contributed by atoms with E-state index >= 15 is 0 Å². The molecule has 0 radical (unpaired) electrons. The van der Waals surface area contributed by atoms with Crippen molar-refractivity contribution in [1.82, 2.24) is 4.57 Å². The fourth-order valence-electron chi connectivity index (χ4n) is 4.49. The first-order valence-corrected chi connectivity index (χ1v) is 11.5. The van der Waals surface area contributed by atoms with Crippen LogP contribution in [-0.4, -0.2) is 10.5 Å². The van der Waals surface area contributed by atoms with Crippen molar-refractivity contribution in [2.45, 2.75) is 58.9 Å². The molecule has 0 fully saturated rings. The molecule has 3 heteroatoms. The van der Waals surface area contributed by atoms with E-state index in [-0.39, 0.29) is 5.97 Å². The predicted octanol–water partition coefficient (Wildman–Crippen LogP) is 7.55. The molecule has 0 aliphatic rings. The Morgan fingerprint density at radius 1 is 0.839 bits per heavy atom. The third-order valence-electron chi connectivity index (χ3n) is 6.01. The summed E-state index contributed by atoms with van der Waals surface area (Å²) in [7, 11) is 0. The molecule has 4 rings (SSSR count). The lowest BCUT2D eigenvalue weighted by Crippen LogP contribution is -2.08. The van der Waals surface area contributed by atoms with Crippen LogP contribution in [0.5, 0.6) is 5.75 Å². The molecular formula is C28H31NO2. The lowest BCUT2D eigenvalue weighted by molar-refractivity contribution is 0.0735. The fourth-order valence-corrected chi connectivity index (χ4v) is 4.49. The summed E-state index contributed by atoms with van der Waals surface area (Å²) < 4.78 is 8.16. The molecule has 3 aromatic carbocycles. The van der Waals surface area contributed by atoms with Crippen LogP contribution in [-0.2, 0) is 13.0 Å². The molecule has 1 aromatic heterocycles. The third-order valence-corrected chi connectivity index (χ3v) is 6.01. The lowest BCUT2D eigenvalue weighted by atomic mass is 10.00. The van der Waals surface area contributed by atoms with Gasteiger partial charge in [-0.1, -0.05) is 69.0 Å². The van der Waals surface area contributed by atoms with Gasteiger partial charge in [0.15, 0.2) is 0 Å². The van der Waals surface area contributed by atoms with E-state index in [1.165, 1.54) is 47.5 Å². The molecule has 31 heavy (non-hydrogen) atoms. The second kappa shape index (κ2) is 9.82. The molecule has 0 amide bonds. The zero-order valence-electron chi connectivity index (χ0n) is 18.6. The van der Waals surface area contributed by atoms with Crippen LogP contribution in [0.4, 0.5) is 0 Å². The van der Waals surface area contributed by atoms with Crippen molar-refractivity contribution in [3.05, 3.63) is 77.9 Å². The molecule has 0 N–H and O–H groups in total. The van der Waals surface area contributed by atoms with Gasteiger partial charge in [0, 0.05) is 28.9 Å². The van der Waals surface area contributed by atoms with Crippen molar-refractivity contribution in [3.63, 3.8) is 0 Å². The van der Waals surface area contributed by atoms with Crippen molar-refractivity contribution in [2.24, 2.45) is 0 Å². The maximum atomic E-state index is 12.7. The second-order valence-corrected chi connectivity index (χ2v) is 8.16. The summed E-state index contributed by atoms with van der Waals surface area (Å²) >= 11 is 0. The van der Waals surface area contributed by atoms with Crippen LogP contribution in [0.3, 0.4) is 0 Å². The van der Waals surface area contributed by atoms with E-state index in [4.69, 9.17) is 4.74 Å². The number of rotatable bonds is 9. The van der Waals surface area contributed by atoms with Crippen LogP contribution in [0.15, 0.2) is 66.7 Å². The first kappa shape index (κ1) is 21.2. The number of para-hydroxylation sites is 1. The number of unbranched alkanes of at least 4 members (excludes halogenated alkanes) is 4. The number of aryl methyl sites for hydroxylation is 2. The molecule has 0 saturated heterocycles. The number of aromatic nitrogens is 1. The molecule has 3 nitrogen and oxygen atoms in total. The monoisotopic (exact) mass is 413 g/mol. The number of benzene rings is 3. The minimum atomic E-state index is -0.312. The molecule has 160 valence electrons. The van der Waals surface area contributed by atoms with Crippen molar-refractivity contribution >= 4 is 27.8 Å². The minimum absolute atomic E-state index is 0.312. The summed E-state index contributed by atoms with van der Waals surface area (Å²) in [6.45, 7) is 5.28. The van der Waals surface area contributed by atoms with Gasteiger partial charge in [-0.25, -0.2) is 4.79 Å². The van der Waals surface area contributed by atoms with Crippen LogP contribution in [0, 0.1) is 0 Å². The van der Waals surface area contributed by atoms with E-state index in [0.717, 1.165) is 24.9 Å². The summed E-state index contributed by atoms with van der Waals surface area (Å²) in [4.78, 5) is 12.7. The highest BCUT2D eigenvalue weighted by molar-refractivity contribution is 6.10. The fraction of sp³-hybridized carbons (Fsp3) is 0.321. The van der Waals surface area contributed by atoms with E-state index in [1.54, 1.807) is 12.1 Å². The van der Waals surface area contributed by atoms with Gasteiger partial charge in [0.1, 0.15) is 5.75 Å². The number of hydrogen-bond donors (Lipinski definition) is 0. The topological polar surface area (TPSA) is 31.2 Å². The molecule has 0 atom stereocenters. The maximum absolute atomic E-state index is 12.7. The van der Waals surface area contributed by atoms with E-state index < -0.39 is 0 Å². The molecule has 0 unspecified atom stereocenters. The van der Waals surface area contributed by atoms with Gasteiger partial charge in [-0.15, -0.1) is 0 Å². The normalized spacial score (nSPS) is 11.3. The summed E-state index contributed by atoms with van der Waals surface area (Å²) in [5.74, 6) is 0.315. The summed E-state index contributed by atoms with van der Waals surface area (Å²) in [5.41, 5.74) is 4.22. The van der Waals surface area contributed by atoms with Crippen LogP contribution in [0.25, 0.3) is 21.8 Å². The Morgan fingerprint density at radius 3 is 2.35 bits per heavy atom. The molecule has 0 bridgehead atoms. The van der Waals surface area contributed by atoms with Gasteiger partial charge in [0.2, 0.25) is 0 Å². The molecule has 0 aliphatic heterocycles. The number of ether oxygens (including phenoxy) is 1. The van der Waals surface area contributed by atoms with E-state index in [0.29, 0.717) is 11.3 Å². The third kappa shape index (κ3) is 4.51. The number of esters is 1. The van der Waals surface area contributed by atoms with E-state index in [9.17, 15) is 4.79 Å². The Morgan fingerprint density at radius 2 is 1.58 bits per heavy atom. The van der Waals surface area contributed by atoms with Crippen LogP contribution >= 0.6 is 0 Å². The summed E-state index contributed by atoms with van der Waals surface area (Å²) in [6, 6.07) is 21.9. The van der Waals surface area contributed by atoms with Crippen molar-refractivity contribution < 1.29 is 9.53 Å². The number of carbonyl (C=O) groups is 1. The summed E-state index contributed by atoms with van der Waals surface area (Å²) in [6.07, 6.45) is 7.19. The average molecular weight is 414 g/mol. The minimum Gasteiger partial charge on any atom is -0.423 e. The van der Waals surface area contributed by atoms with Crippen molar-refractivity contribution in [1.29, 1.82) is 0 Å². The second-order valence-electron chi connectivity index (χ2n) is 8.16. The van der Waals surface area contributed by atoms with Gasteiger partial charge >= 0.3 is 5.97 Å². The van der Waals surface area contributed by atoms with Gasteiger partial charge in [0.25, 0.3) is 0 Å². The largest absolute Gasteiger partial charge is 0.423 e. The first-order valence-electron chi connectivity index (χ1n) is 11.5. The van der Waals surface area contributed by atoms with Crippen LogP contribution < -0.4 is 4.74 Å². The highest BCUT2D eigenvalue weighted by atomic mass is 16.5. The Kier molecular flexibility index (Phi) is 6.71. The number of carbonyl (C=O) groups excluding carboxylic acids is 1. The number of hydrogen-bond acceptors (Lipinski definition) is 2. The molecule has 0 saturated carbocycles. The standard InChI is InChI=1S/C28H31NO2/c1-3-5-6-7-9-16-22-19-23(31-28(30)21-14-10-8-11-15-21)20-26-27(22)24-17-12-13-18-25(24)29(26)4-2/h8,10-15,17-20H,3-7,9,16H2,1-2H3. The molecule has 0 aliphatic carbocycles. The Hall–Kier alpha value is -3.07. The van der Waals surface area contributed by atoms with Crippen molar-refractivity contribution in [2.75, 3.05) is 0 Å². The van der Waals surface area contributed by atoms with E-state index in [2.05, 4.69) is 48.7 Å². The van der Waals surface area contributed by atoms with Gasteiger partial charge < -0.3 is 9.30 Å². The Bertz CT molecular complexity index is 1170. The molecule has 4 aromatic rings. The van der Waals surface area contributed by atoms with E-state index in [1.807, 2.05) is 24.3 Å². The van der Waals surface area contributed by atoms with Gasteiger partial charge in [0.05, 0.1) is 11.1 Å². The van der Waals surface area contributed by atoms with Gasteiger partial charge in [-0.2, -0.15) is 0 Å². The van der Waals surface area contributed by atoms with Crippen LogP contribution in [0.1, 0.15) is 61.9 Å². The quantitative estimate of drug-likeness (QED) is 0.161. The summed E-state index contributed by atoms with van der Waals surface area (Å²) in [5, 5.41) is 2.58. The molecule has 0 spiro atoms. The zero-order valence-corrected chi connectivity index (χ0v) is 18.6. The molecular weight excluding hydrogens is 382 g/mol. The highest BCUT2D eigenvalue weighted by Crippen LogP contribution is 2.35. The lowest BCUT2D eigenvalue weighted by Gasteiger charge is -2.11. The van der Waals surface area contributed by atoms with Gasteiger partial charge in [-0.3, -0.25) is 0 Å². The van der Waals surface area contributed by atoms with Crippen LogP contribution in [0.2, 0.25) is 0 Å². The average Bonchev–Trinajstić information content (AvgIpc) is 3.13. The Balaban J connectivity index is 1.75. The predicted molar refractivity (Wildman–Crippen MR) is 129 cm³/mol. The molecule has 1 heterocycles. The number of nitrogens with zero attached hydrogens (tertiary/aromatic N) is 1. The highest BCUT2D eigenvalue weighted by Gasteiger charge is 2.17. The smallest absolute Gasteiger partial charge is 0.343 e. The first-order chi connectivity index (χ1) is 15.2.